The van der Waals surface area contributed by atoms with Gasteiger partial charge in [-0.3, -0.25) is 10.1 Å². The van der Waals surface area contributed by atoms with E-state index < -0.39 is 28.8 Å². The maximum atomic E-state index is 13.2. The molecule has 1 atom stereocenters. The second-order valence-electron chi connectivity index (χ2n) is 6.76. The number of benzene rings is 3. The van der Waals surface area contributed by atoms with E-state index in [2.05, 4.69) is 5.32 Å². The fourth-order valence-electron chi connectivity index (χ4n) is 2.78. The number of amides is 1. The Morgan fingerprint density at radius 2 is 1.59 bits per heavy atom. The van der Waals surface area contributed by atoms with Gasteiger partial charge in [-0.05, 0) is 35.4 Å². The molecule has 3 aromatic rings. The van der Waals surface area contributed by atoms with Crippen molar-refractivity contribution in [2.75, 3.05) is 0 Å². The van der Waals surface area contributed by atoms with Gasteiger partial charge < -0.3 is 14.8 Å². The number of hydrogen-bond donors (Lipinski definition) is 1. The average molecular weight is 438 g/mol. The highest BCUT2D eigenvalue weighted by Crippen LogP contribution is 2.18. The van der Waals surface area contributed by atoms with Crippen molar-refractivity contribution in [1.29, 1.82) is 0 Å². The standard InChI is InChI=1S/C23H19FN2O6/c24-18-8-6-16(7-9-18)14-21(25-23(28)31-15-17-4-2-1-3-5-17)22(27)32-20-12-10-19(11-13-20)26(29)30/h1-13,21H,14-15H2,(H,25,28)/t21-/m1/s1. The maximum absolute atomic E-state index is 13.2. The van der Waals surface area contributed by atoms with Crippen molar-refractivity contribution in [3.05, 3.63) is 106 Å². The highest BCUT2D eigenvalue weighted by atomic mass is 19.1. The Hall–Kier alpha value is -4.27. The molecule has 0 heterocycles. The fourth-order valence-corrected chi connectivity index (χ4v) is 2.78. The Balaban J connectivity index is 1.68. The number of nitro groups is 1. The van der Waals surface area contributed by atoms with Gasteiger partial charge in [0, 0.05) is 18.6 Å². The number of carbonyl (C=O) groups is 2. The van der Waals surface area contributed by atoms with E-state index in [9.17, 15) is 24.1 Å². The molecule has 1 amide bonds. The van der Waals surface area contributed by atoms with Gasteiger partial charge in [0.05, 0.1) is 4.92 Å². The van der Waals surface area contributed by atoms with Crippen LogP contribution in [0.4, 0.5) is 14.9 Å². The number of nitrogens with zero attached hydrogens (tertiary/aromatic N) is 1. The summed E-state index contributed by atoms with van der Waals surface area (Å²) in [5, 5.41) is 13.2. The van der Waals surface area contributed by atoms with Crippen LogP contribution in [0.25, 0.3) is 0 Å². The summed E-state index contributed by atoms with van der Waals surface area (Å²) in [6.07, 6.45) is -0.811. The van der Waals surface area contributed by atoms with Gasteiger partial charge in [-0.15, -0.1) is 0 Å². The minimum absolute atomic E-state index is 0.00728. The van der Waals surface area contributed by atoms with E-state index in [1.165, 1.54) is 48.5 Å². The molecule has 8 nitrogen and oxygen atoms in total. The Labute approximate surface area is 182 Å². The zero-order valence-electron chi connectivity index (χ0n) is 16.8. The minimum atomic E-state index is -1.14. The number of non-ortho nitro benzene ring substituents is 1. The molecule has 0 saturated carbocycles. The summed E-state index contributed by atoms with van der Waals surface area (Å²) in [4.78, 5) is 35.2. The molecular weight excluding hydrogens is 419 g/mol. The average Bonchev–Trinajstić information content (AvgIpc) is 2.79. The van der Waals surface area contributed by atoms with Crippen molar-refractivity contribution in [1.82, 2.24) is 5.32 Å². The highest BCUT2D eigenvalue weighted by Gasteiger charge is 2.24. The summed E-state index contributed by atoms with van der Waals surface area (Å²) in [5.41, 5.74) is 1.20. The third kappa shape index (κ3) is 6.63. The van der Waals surface area contributed by atoms with Crippen molar-refractivity contribution >= 4 is 17.7 Å². The van der Waals surface area contributed by atoms with Crippen molar-refractivity contribution in [2.45, 2.75) is 19.1 Å². The van der Waals surface area contributed by atoms with Gasteiger partial charge in [0.2, 0.25) is 0 Å². The summed E-state index contributed by atoms with van der Waals surface area (Å²) >= 11 is 0. The molecule has 0 radical (unpaired) electrons. The molecule has 1 N–H and O–H groups in total. The van der Waals surface area contributed by atoms with Crippen LogP contribution in [0.3, 0.4) is 0 Å². The molecule has 32 heavy (non-hydrogen) atoms. The first-order valence-electron chi connectivity index (χ1n) is 9.58. The zero-order chi connectivity index (χ0) is 22.9. The van der Waals surface area contributed by atoms with Gasteiger partial charge in [0.15, 0.2) is 0 Å². The number of halogens is 1. The lowest BCUT2D eigenvalue weighted by atomic mass is 10.1. The van der Waals surface area contributed by atoms with E-state index in [1.807, 2.05) is 6.07 Å². The molecule has 3 aromatic carbocycles. The van der Waals surface area contributed by atoms with E-state index in [4.69, 9.17) is 9.47 Å². The number of nitro benzene ring substituents is 1. The number of hydrogen-bond acceptors (Lipinski definition) is 6. The summed E-state index contributed by atoms with van der Waals surface area (Å²) in [5.74, 6) is -1.17. The van der Waals surface area contributed by atoms with Crippen LogP contribution in [-0.2, 0) is 22.6 Å². The first-order chi connectivity index (χ1) is 15.4. The Kier molecular flexibility index (Phi) is 7.47. The maximum Gasteiger partial charge on any atom is 0.408 e. The van der Waals surface area contributed by atoms with Gasteiger partial charge in [-0.25, -0.2) is 14.0 Å². The van der Waals surface area contributed by atoms with Crippen LogP contribution in [0.1, 0.15) is 11.1 Å². The molecular formula is C23H19FN2O6. The third-order valence-electron chi connectivity index (χ3n) is 4.41. The summed E-state index contributed by atoms with van der Waals surface area (Å²) in [7, 11) is 0. The lowest BCUT2D eigenvalue weighted by molar-refractivity contribution is -0.384. The molecule has 0 spiro atoms. The van der Waals surface area contributed by atoms with Crippen LogP contribution in [0.2, 0.25) is 0 Å². The zero-order valence-corrected chi connectivity index (χ0v) is 16.8. The van der Waals surface area contributed by atoms with E-state index in [1.54, 1.807) is 24.3 Å². The van der Waals surface area contributed by atoms with Crippen LogP contribution in [0.15, 0.2) is 78.9 Å². The van der Waals surface area contributed by atoms with E-state index >= 15 is 0 Å². The fraction of sp³-hybridized carbons (Fsp3) is 0.130. The topological polar surface area (TPSA) is 108 Å². The molecule has 0 aliphatic heterocycles. The number of rotatable bonds is 8. The minimum Gasteiger partial charge on any atom is -0.445 e. The predicted octanol–water partition coefficient (Wildman–Crippen LogP) is 4.18. The van der Waals surface area contributed by atoms with Crippen LogP contribution >= 0.6 is 0 Å². The molecule has 0 unspecified atom stereocenters. The summed E-state index contributed by atoms with van der Waals surface area (Å²) < 4.78 is 23.6. The van der Waals surface area contributed by atoms with Crippen molar-refractivity contribution < 1.29 is 28.4 Å². The van der Waals surface area contributed by atoms with Gasteiger partial charge in [-0.1, -0.05) is 42.5 Å². The first kappa shape index (κ1) is 22.4. The van der Waals surface area contributed by atoms with Crippen molar-refractivity contribution in [2.24, 2.45) is 0 Å². The van der Waals surface area contributed by atoms with Crippen molar-refractivity contribution in [3.63, 3.8) is 0 Å². The normalized spacial score (nSPS) is 11.3. The summed E-state index contributed by atoms with van der Waals surface area (Å²) in [6, 6.07) is 18.2. The second-order valence-corrected chi connectivity index (χ2v) is 6.76. The molecule has 0 fully saturated rings. The predicted molar refractivity (Wildman–Crippen MR) is 112 cm³/mol. The quantitative estimate of drug-likeness (QED) is 0.245. The van der Waals surface area contributed by atoms with Gasteiger partial charge in [0.25, 0.3) is 5.69 Å². The van der Waals surface area contributed by atoms with Crippen LogP contribution < -0.4 is 10.1 Å². The third-order valence-corrected chi connectivity index (χ3v) is 4.41. The molecule has 0 saturated heterocycles. The van der Waals surface area contributed by atoms with Crippen molar-refractivity contribution in [3.8, 4) is 5.75 Å². The molecule has 0 aliphatic rings. The monoisotopic (exact) mass is 438 g/mol. The Morgan fingerprint density at radius 3 is 2.22 bits per heavy atom. The lowest BCUT2D eigenvalue weighted by Crippen LogP contribution is -2.44. The highest BCUT2D eigenvalue weighted by molar-refractivity contribution is 5.83. The van der Waals surface area contributed by atoms with E-state index in [-0.39, 0.29) is 24.5 Å². The number of esters is 1. The SMILES string of the molecule is O=C(N[C@H](Cc1ccc(F)cc1)C(=O)Oc1ccc([N+](=O)[O-])cc1)OCc1ccccc1. The van der Waals surface area contributed by atoms with Gasteiger partial charge >= 0.3 is 12.1 Å². The van der Waals surface area contributed by atoms with Crippen LogP contribution in [0.5, 0.6) is 5.75 Å². The Bertz CT molecular complexity index is 1070. The summed E-state index contributed by atoms with van der Waals surface area (Å²) in [6.45, 7) is 0.00728. The van der Waals surface area contributed by atoms with Gasteiger partial charge in [-0.2, -0.15) is 0 Å². The molecule has 3 rings (SSSR count). The number of carbonyl (C=O) groups excluding carboxylic acids is 2. The first-order valence-corrected chi connectivity index (χ1v) is 9.58. The number of ether oxygens (including phenoxy) is 2. The van der Waals surface area contributed by atoms with Gasteiger partial charge in [0.1, 0.15) is 24.2 Å². The number of alkyl carbamates (subject to hydrolysis) is 1. The lowest BCUT2D eigenvalue weighted by Gasteiger charge is -2.18. The van der Waals surface area contributed by atoms with Crippen LogP contribution in [-0.4, -0.2) is 23.0 Å². The largest absolute Gasteiger partial charge is 0.445 e. The number of nitrogens with one attached hydrogen (secondary N) is 1. The second kappa shape index (κ2) is 10.7. The Morgan fingerprint density at radius 1 is 0.938 bits per heavy atom. The van der Waals surface area contributed by atoms with Crippen LogP contribution in [0, 0.1) is 15.9 Å². The molecule has 164 valence electrons. The molecule has 9 heteroatoms. The smallest absolute Gasteiger partial charge is 0.408 e. The molecule has 0 bridgehead atoms. The van der Waals surface area contributed by atoms with E-state index in [0.717, 1.165) is 5.56 Å². The molecule has 0 aromatic heterocycles. The van der Waals surface area contributed by atoms with E-state index in [0.29, 0.717) is 5.56 Å². The molecule has 0 aliphatic carbocycles.